The molecule has 1 N–H and O–H groups in total. The molecule has 0 radical (unpaired) electrons. The van der Waals surface area contributed by atoms with Gasteiger partial charge >= 0.3 is 0 Å². The molecular weight excluding hydrogens is 348 g/mol. The Kier molecular flexibility index (Phi) is 4.17. The average molecular weight is 368 g/mol. The van der Waals surface area contributed by atoms with Gasteiger partial charge in [0.25, 0.3) is 5.91 Å². The molecule has 28 heavy (non-hydrogen) atoms. The predicted octanol–water partition coefficient (Wildman–Crippen LogP) is 5.63. The molecule has 1 heterocycles. The highest BCUT2D eigenvalue weighted by atomic mass is 16.3. The van der Waals surface area contributed by atoms with Crippen LogP contribution in [0, 0.1) is 0 Å². The first kappa shape index (κ1) is 16.8. The molecule has 4 nitrogen and oxygen atoms in total. The summed E-state index contributed by atoms with van der Waals surface area (Å²) >= 11 is 0. The van der Waals surface area contributed by atoms with E-state index in [1.807, 2.05) is 60.7 Å². The highest BCUT2D eigenvalue weighted by molar-refractivity contribution is 6.06. The number of carbonyl (C=O) groups is 1. The number of oxazole rings is 1. The smallest absolute Gasteiger partial charge is 0.255 e. The van der Waals surface area contributed by atoms with Gasteiger partial charge in [-0.3, -0.25) is 4.79 Å². The number of rotatable bonds is 3. The zero-order valence-corrected chi connectivity index (χ0v) is 15.4. The first-order valence-electron chi connectivity index (χ1n) is 9.66. The molecular formula is C24H20N2O2. The lowest BCUT2D eigenvalue weighted by molar-refractivity contribution is 0.102. The van der Waals surface area contributed by atoms with Crippen molar-refractivity contribution in [2.75, 3.05) is 5.32 Å². The van der Waals surface area contributed by atoms with Gasteiger partial charge in [0.1, 0.15) is 5.52 Å². The van der Waals surface area contributed by atoms with Crippen LogP contribution in [0.5, 0.6) is 0 Å². The van der Waals surface area contributed by atoms with Crippen molar-refractivity contribution in [2.45, 2.75) is 25.7 Å². The summed E-state index contributed by atoms with van der Waals surface area (Å²) in [7, 11) is 0. The zero-order valence-electron chi connectivity index (χ0n) is 15.4. The number of nitrogens with one attached hydrogen (secondary N) is 1. The van der Waals surface area contributed by atoms with Gasteiger partial charge in [-0.25, -0.2) is 4.98 Å². The number of aromatic nitrogens is 1. The molecule has 0 spiro atoms. The molecule has 0 saturated carbocycles. The van der Waals surface area contributed by atoms with Gasteiger partial charge in [0.05, 0.1) is 11.3 Å². The van der Waals surface area contributed by atoms with Crippen molar-refractivity contribution in [3.8, 4) is 11.5 Å². The van der Waals surface area contributed by atoms with Crippen molar-refractivity contribution in [2.24, 2.45) is 0 Å². The van der Waals surface area contributed by atoms with Gasteiger partial charge in [0, 0.05) is 5.56 Å². The molecule has 138 valence electrons. The number of anilines is 1. The number of hydrogen-bond acceptors (Lipinski definition) is 3. The van der Waals surface area contributed by atoms with Crippen LogP contribution in [0.4, 0.5) is 5.69 Å². The molecule has 0 saturated heterocycles. The molecule has 0 unspecified atom stereocenters. The standard InChI is InChI=1S/C24H20N2O2/c27-23(18-14-13-16-7-1-2-8-17(16)15-18)25-20-10-4-3-9-19(20)24-26-21-11-5-6-12-22(21)28-24/h3-6,9-15H,1-2,7-8H2,(H,25,27). The van der Waals surface area contributed by atoms with E-state index in [-0.39, 0.29) is 5.91 Å². The molecule has 0 aliphatic heterocycles. The van der Waals surface area contributed by atoms with Gasteiger partial charge < -0.3 is 9.73 Å². The Balaban J connectivity index is 1.46. The zero-order chi connectivity index (χ0) is 18.9. The topological polar surface area (TPSA) is 55.1 Å². The minimum Gasteiger partial charge on any atom is -0.436 e. The Bertz CT molecular complexity index is 1140. The van der Waals surface area contributed by atoms with Gasteiger partial charge in [0.15, 0.2) is 5.58 Å². The van der Waals surface area contributed by atoms with Crippen molar-refractivity contribution in [1.82, 2.24) is 4.98 Å². The highest BCUT2D eigenvalue weighted by Crippen LogP contribution is 2.30. The van der Waals surface area contributed by atoms with E-state index in [4.69, 9.17) is 4.42 Å². The Morgan fingerprint density at radius 3 is 2.57 bits per heavy atom. The fourth-order valence-corrected chi connectivity index (χ4v) is 3.84. The maximum absolute atomic E-state index is 12.9. The maximum Gasteiger partial charge on any atom is 0.255 e. The van der Waals surface area contributed by atoms with E-state index in [0.717, 1.165) is 29.5 Å². The van der Waals surface area contributed by atoms with Gasteiger partial charge in [-0.15, -0.1) is 0 Å². The number of para-hydroxylation sites is 3. The van der Waals surface area contributed by atoms with Gasteiger partial charge in [-0.05, 0) is 73.2 Å². The van der Waals surface area contributed by atoms with E-state index in [1.165, 1.54) is 24.0 Å². The van der Waals surface area contributed by atoms with E-state index >= 15 is 0 Å². The highest BCUT2D eigenvalue weighted by Gasteiger charge is 2.16. The number of nitrogens with zero attached hydrogens (tertiary/aromatic N) is 1. The van der Waals surface area contributed by atoms with Crippen LogP contribution >= 0.6 is 0 Å². The summed E-state index contributed by atoms with van der Waals surface area (Å²) in [5, 5.41) is 3.04. The summed E-state index contributed by atoms with van der Waals surface area (Å²) in [6.45, 7) is 0. The summed E-state index contributed by atoms with van der Waals surface area (Å²) < 4.78 is 5.89. The van der Waals surface area contributed by atoms with Crippen LogP contribution in [-0.4, -0.2) is 10.9 Å². The number of amides is 1. The molecule has 1 amide bonds. The quantitative estimate of drug-likeness (QED) is 0.510. The van der Waals surface area contributed by atoms with Crippen LogP contribution in [0.1, 0.15) is 34.3 Å². The van der Waals surface area contributed by atoms with Crippen LogP contribution in [-0.2, 0) is 12.8 Å². The third kappa shape index (κ3) is 3.07. The lowest BCUT2D eigenvalue weighted by Gasteiger charge is -2.16. The minimum absolute atomic E-state index is 0.114. The Hall–Kier alpha value is -3.40. The Morgan fingerprint density at radius 2 is 1.68 bits per heavy atom. The normalized spacial score (nSPS) is 13.3. The monoisotopic (exact) mass is 368 g/mol. The first-order chi connectivity index (χ1) is 13.8. The molecule has 1 aromatic heterocycles. The molecule has 0 bridgehead atoms. The molecule has 1 aliphatic carbocycles. The number of benzene rings is 3. The Morgan fingerprint density at radius 1 is 0.893 bits per heavy atom. The summed E-state index contributed by atoms with van der Waals surface area (Å²) in [6, 6.07) is 21.3. The average Bonchev–Trinajstić information content (AvgIpc) is 3.18. The Labute approximate surface area is 163 Å². The second-order valence-electron chi connectivity index (χ2n) is 7.18. The van der Waals surface area contributed by atoms with Gasteiger partial charge in [-0.1, -0.05) is 30.3 Å². The van der Waals surface area contributed by atoms with Crippen LogP contribution in [0.2, 0.25) is 0 Å². The van der Waals surface area contributed by atoms with Crippen molar-refractivity contribution in [3.05, 3.63) is 83.4 Å². The van der Waals surface area contributed by atoms with Gasteiger partial charge in [-0.2, -0.15) is 0 Å². The van der Waals surface area contributed by atoms with E-state index < -0.39 is 0 Å². The third-order valence-electron chi connectivity index (χ3n) is 5.31. The summed E-state index contributed by atoms with van der Waals surface area (Å²) in [6.07, 6.45) is 4.59. The van der Waals surface area contributed by atoms with Crippen molar-refractivity contribution < 1.29 is 9.21 Å². The lowest BCUT2D eigenvalue weighted by atomic mass is 9.90. The van der Waals surface area contributed by atoms with Crippen LogP contribution < -0.4 is 5.32 Å². The van der Waals surface area contributed by atoms with Crippen molar-refractivity contribution >= 4 is 22.7 Å². The first-order valence-corrected chi connectivity index (χ1v) is 9.66. The second kappa shape index (κ2) is 6.97. The molecule has 5 rings (SSSR count). The maximum atomic E-state index is 12.9. The number of aryl methyl sites for hydroxylation is 2. The van der Waals surface area contributed by atoms with E-state index in [0.29, 0.717) is 17.1 Å². The summed E-state index contributed by atoms with van der Waals surface area (Å²) in [5.41, 5.74) is 6.34. The summed E-state index contributed by atoms with van der Waals surface area (Å²) in [5.74, 6) is 0.388. The van der Waals surface area contributed by atoms with Crippen LogP contribution in [0.25, 0.3) is 22.6 Å². The lowest BCUT2D eigenvalue weighted by Crippen LogP contribution is -2.14. The van der Waals surface area contributed by atoms with Crippen molar-refractivity contribution in [1.29, 1.82) is 0 Å². The fourth-order valence-electron chi connectivity index (χ4n) is 3.84. The molecule has 0 atom stereocenters. The SMILES string of the molecule is O=C(Nc1ccccc1-c1nc2ccccc2o1)c1ccc2c(c1)CCCC2. The van der Waals surface area contributed by atoms with E-state index in [2.05, 4.69) is 16.4 Å². The molecule has 3 aromatic carbocycles. The number of hydrogen-bond donors (Lipinski definition) is 1. The number of fused-ring (bicyclic) bond motifs is 2. The predicted molar refractivity (Wildman–Crippen MR) is 110 cm³/mol. The molecule has 4 aromatic rings. The third-order valence-corrected chi connectivity index (χ3v) is 5.31. The fraction of sp³-hybridized carbons (Fsp3) is 0.167. The molecule has 0 fully saturated rings. The van der Waals surface area contributed by atoms with Crippen molar-refractivity contribution in [3.63, 3.8) is 0 Å². The number of carbonyl (C=O) groups excluding carboxylic acids is 1. The van der Waals surface area contributed by atoms with Crippen LogP contribution in [0.3, 0.4) is 0 Å². The molecule has 1 aliphatic rings. The second-order valence-corrected chi connectivity index (χ2v) is 7.18. The van der Waals surface area contributed by atoms with E-state index in [1.54, 1.807) is 0 Å². The van der Waals surface area contributed by atoms with Gasteiger partial charge in [0.2, 0.25) is 5.89 Å². The molecule has 4 heteroatoms. The van der Waals surface area contributed by atoms with Crippen LogP contribution in [0.15, 0.2) is 71.1 Å². The van der Waals surface area contributed by atoms with E-state index in [9.17, 15) is 4.79 Å². The summed E-state index contributed by atoms with van der Waals surface area (Å²) in [4.78, 5) is 17.5. The largest absolute Gasteiger partial charge is 0.436 e. The minimum atomic E-state index is -0.114.